The van der Waals surface area contributed by atoms with E-state index in [1.54, 1.807) is 49.2 Å². The van der Waals surface area contributed by atoms with Crippen LogP contribution in [-0.4, -0.2) is 33.4 Å². The summed E-state index contributed by atoms with van der Waals surface area (Å²) in [5.41, 5.74) is 1.18. The number of aromatic nitrogens is 4. The van der Waals surface area contributed by atoms with Gasteiger partial charge in [0.25, 0.3) is 5.56 Å². The summed E-state index contributed by atoms with van der Waals surface area (Å²) in [6, 6.07) is 12.6. The molecule has 2 heterocycles. The number of fused-ring (bicyclic) bond motifs is 3. The lowest BCUT2D eigenvalue weighted by atomic mass is 10.2. The Morgan fingerprint density at radius 2 is 1.71 bits per heavy atom. The summed E-state index contributed by atoms with van der Waals surface area (Å²) in [5, 5.41) is 8.64. The lowest BCUT2D eigenvalue weighted by Gasteiger charge is -2.12. The van der Waals surface area contributed by atoms with Crippen molar-refractivity contribution in [2.45, 2.75) is 0 Å². The molecular weight excluding hydrogens is 308 g/mol. The van der Waals surface area contributed by atoms with Gasteiger partial charge in [-0.15, -0.1) is 10.2 Å². The lowest BCUT2D eigenvalue weighted by molar-refractivity contribution is 0.394. The SMILES string of the molecule is COc1cc(OC)cc(-n2c(=O)c3ccccc3n3cnnc23)c1. The van der Waals surface area contributed by atoms with Crippen LogP contribution in [0.1, 0.15) is 0 Å². The van der Waals surface area contributed by atoms with E-state index in [1.165, 1.54) is 4.57 Å². The molecule has 4 aromatic rings. The smallest absolute Gasteiger partial charge is 0.267 e. The highest BCUT2D eigenvalue weighted by Crippen LogP contribution is 2.25. The Balaban J connectivity index is 2.15. The van der Waals surface area contributed by atoms with E-state index in [0.717, 1.165) is 5.52 Å². The Labute approximate surface area is 136 Å². The number of nitrogens with zero attached hydrogens (tertiary/aromatic N) is 4. The van der Waals surface area contributed by atoms with Crippen LogP contribution in [0.3, 0.4) is 0 Å². The van der Waals surface area contributed by atoms with Crippen LogP contribution >= 0.6 is 0 Å². The molecule has 0 saturated heterocycles. The molecule has 0 bridgehead atoms. The van der Waals surface area contributed by atoms with E-state index in [0.29, 0.717) is 28.4 Å². The van der Waals surface area contributed by atoms with Gasteiger partial charge in [0, 0.05) is 18.2 Å². The molecule has 2 aromatic carbocycles. The van der Waals surface area contributed by atoms with Crippen LogP contribution in [0.5, 0.6) is 11.5 Å². The highest BCUT2D eigenvalue weighted by atomic mass is 16.5. The first kappa shape index (κ1) is 14.3. The van der Waals surface area contributed by atoms with E-state index in [9.17, 15) is 4.79 Å². The predicted molar refractivity (Wildman–Crippen MR) is 89.2 cm³/mol. The molecule has 0 amide bonds. The fraction of sp³-hybridized carbons (Fsp3) is 0.118. The topological polar surface area (TPSA) is 70.7 Å². The number of benzene rings is 2. The number of rotatable bonds is 3. The molecule has 0 atom stereocenters. The molecule has 0 aliphatic rings. The summed E-state index contributed by atoms with van der Waals surface area (Å²) in [7, 11) is 3.13. The molecule has 0 N–H and O–H groups in total. The van der Waals surface area contributed by atoms with Crippen molar-refractivity contribution in [1.82, 2.24) is 19.2 Å². The molecule has 0 fully saturated rings. The van der Waals surface area contributed by atoms with Crippen molar-refractivity contribution in [3.05, 3.63) is 59.1 Å². The zero-order valence-electron chi connectivity index (χ0n) is 13.1. The quantitative estimate of drug-likeness (QED) is 0.577. The molecule has 7 heteroatoms. The lowest BCUT2D eigenvalue weighted by Crippen LogP contribution is -2.21. The number of ether oxygens (including phenoxy) is 2. The summed E-state index contributed by atoms with van der Waals surface area (Å²) >= 11 is 0. The summed E-state index contributed by atoms with van der Waals surface area (Å²) < 4.78 is 13.9. The fourth-order valence-electron chi connectivity index (χ4n) is 2.78. The molecule has 7 nitrogen and oxygen atoms in total. The molecular formula is C17H14N4O3. The predicted octanol–water partition coefficient (Wildman–Crippen LogP) is 2.05. The Kier molecular flexibility index (Phi) is 3.19. The minimum absolute atomic E-state index is 0.179. The Hall–Kier alpha value is -3.35. The summed E-state index contributed by atoms with van der Waals surface area (Å²) in [4.78, 5) is 13.0. The molecule has 24 heavy (non-hydrogen) atoms. The van der Waals surface area contributed by atoms with Gasteiger partial charge >= 0.3 is 0 Å². The monoisotopic (exact) mass is 322 g/mol. The molecule has 0 spiro atoms. The van der Waals surface area contributed by atoms with Crippen molar-refractivity contribution in [2.75, 3.05) is 14.2 Å². The van der Waals surface area contributed by atoms with E-state index in [2.05, 4.69) is 10.2 Å². The Morgan fingerprint density at radius 3 is 2.42 bits per heavy atom. The normalized spacial score (nSPS) is 11.1. The third kappa shape index (κ3) is 2.02. The fourth-order valence-corrected chi connectivity index (χ4v) is 2.78. The molecule has 4 rings (SSSR count). The van der Waals surface area contributed by atoms with Crippen molar-refractivity contribution in [3.63, 3.8) is 0 Å². The molecule has 0 radical (unpaired) electrons. The van der Waals surface area contributed by atoms with Gasteiger partial charge in [0.1, 0.15) is 17.8 Å². The summed E-state index contributed by atoms with van der Waals surface area (Å²) in [5.74, 6) is 1.60. The second kappa shape index (κ2) is 5.38. The molecule has 0 unspecified atom stereocenters. The zero-order valence-corrected chi connectivity index (χ0v) is 13.1. The maximum absolute atomic E-state index is 13.0. The van der Waals surface area contributed by atoms with E-state index >= 15 is 0 Å². The van der Waals surface area contributed by atoms with E-state index in [4.69, 9.17) is 9.47 Å². The first-order chi connectivity index (χ1) is 11.7. The standard InChI is InChI=1S/C17H14N4O3/c1-23-12-7-11(8-13(9-12)24-2)21-16(22)14-5-3-4-6-15(14)20-10-18-19-17(20)21/h3-10H,1-2H3. The highest BCUT2D eigenvalue weighted by molar-refractivity contribution is 5.80. The van der Waals surface area contributed by atoms with E-state index in [1.807, 2.05) is 18.2 Å². The second-order valence-corrected chi connectivity index (χ2v) is 5.23. The molecule has 0 saturated carbocycles. The average molecular weight is 322 g/mol. The minimum atomic E-state index is -0.179. The highest BCUT2D eigenvalue weighted by Gasteiger charge is 2.15. The molecule has 0 aliphatic heterocycles. The van der Waals surface area contributed by atoms with Crippen LogP contribution in [0.25, 0.3) is 22.4 Å². The van der Waals surface area contributed by atoms with Crippen molar-refractivity contribution in [2.24, 2.45) is 0 Å². The van der Waals surface area contributed by atoms with E-state index < -0.39 is 0 Å². The maximum atomic E-state index is 13.0. The average Bonchev–Trinajstić information content (AvgIpc) is 3.11. The van der Waals surface area contributed by atoms with Crippen molar-refractivity contribution in [3.8, 4) is 17.2 Å². The minimum Gasteiger partial charge on any atom is -0.497 e. The van der Waals surface area contributed by atoms with Gasteiger partial charge in [0.2, 0.25) is 5.78 Å². The summed E-state index contributed by atoms with van der Waals surface area (Å²) in [6.45, 7) is 0. The van der Waals surface area contributed by atoms with Crippen molar-refractivity contribution < 1.29 is 9.47 Å². The van der Waals surface area contributed by atoms with Crippen LogP contribution in [0.15, 0.2) is 53.6 Å². The molecule has 0 aliphatic carbocycles. The number of hydrogen-bond donors (Lipinski definition) is 0. The van der Waals surface area contributed by atoms with Gasteiger partial charge in [-0.05, 0) is 12.1 Å². The van der Waals surface area contributed by atoms with Crippen LogP contribution in [0.4, 0.5) is 0 Å². The Morgan fingerprint density at radius 1 is 1.00 bits per heavy atom. The van der Waals surface area contributed by atoms with Gasteiger partial charge < -0.3 is 9.47 Å². The van der Waals surface area contributed by atoms with Gasteiger partial charge in [0.15, 0.2) is 0 Å². The largest absolute Gasteiger partial charge is 0.497 e. The van der Waals surface area contributed by atoms with Crippen LogP contribution in [-0.2, 0) is 0 Å². The van der Waals surface area contributed by atoms with Crippen LogP contribution in [0.2, 0.25) is 0 Å². The van der Waals surface area contributed by atoms with Gasteiger partial charge in [0.05, 0.1) is 30.8 Å². The van der Waals surface area contributed by atoms with Gasteiger partial charge in [-0.2, -0.15) is 0 Å². The third-order valence-electron chi connectivity index (χ3n) is 3.92. The van der Waals surface area contributed by atoms with Gasteiger partial charge in [-0.3, -0.25) is 9.20 Å². The maximum Gasteiger partial charge on any atom is 0.267 e. The third-order valence-corrected chi connectivity index (χ3v) is 3.92. The first-order valence-electron chi connectivity index (χ1n) is 7.30. The zero-order chi connectivity index (χ0) is 16.7. The first-order valence-corrected chi connectivity index (χ1v) is 7.30. The number of methoxy groups -OCH3 is 2. The molecule has 120 valence electrons. The van der Waals surface area contributed by atoms with Crippen molar-refractivity contribution in [1.29, 1.82) is 0 Å². The molecule has 2 aromatic heterocycles. The van der Waals surface area contributed by atoms with Crippen LogP contribution < -0.4 is 15.0 Å². The van der Waals surface area contributed by atoms with Gasteiger partial charge in [-0.25, -0.2) is 4.57 Å². The van der Waals surface area contributed by atoms with E-state index in [-0.39, 0.29) is 5.56 Å². The number of hydrogen-bond acceptors (Lipinski definition) is 5. The van der Waals surface area contributed by atoms with Crippen molar-refractivity contribution >= 4 is 16.7 Å². The number of para-hydroxylation sites is 1. The summed E-state index contributed by atoms with van der Waals surface area (Å²) in [6.07, 6.45) is 1.59. The second-order valence-electron chi connectivity index (χ2n) is 5.23. The van der Waals surface area contributed by atoms with Crippen LogP contribution in [0, 0.1) is 0 Å². The van der Waals surface area contributed by atoms with Gasteiger partial charge in [-0.1, -0.05) is 12.1 Å². The Bertz CT molecular complexity index is 1090.